The van der Waals surface area contributed by atoms with Gasteiger partial charge in [0.05, 0.1) is 31.3 Å². The molecule has 1 aromatic heterocycles. The van der Waals surface area contributed by atoms with Crippen molar-refractivity contribution >= 4 is 34.9 Å². The first-order valence-electron chi connectivity index (χ1n) is 10.3. The second kappa shape index (κ2) is 10.6. The van der Waals surface area contributed by atoms with Crippen LogP contribution in [0, 0.1) is 0 Å². The van der Waals surface area contributed by atoms with Crippen LogP contribution in [-0.2, 0) is 0 Å². The summed E-state index contributed by atoms with van der Waals surface area (Å²) in [6, 6.07) is 23.8. The Kier molecular flexibility index (Phi) is 6.99. The van der Waals surface area contributed by atoms with E-state index in [0.717, 1.165) is 0 Å². The number of methoxy groups -OCH3 is 2. The summed E-state index contributed by atoms with van der Waals surface area (Å²) in [5, 5.41) is 6.18. The number of benzene rings is 3. The van der Waals surface area contributed by atoms with Crippen molar-refractivity contribution in [1.82, 2.24) is 20.4 Å². The molecule has 4 N–H and O–H groups in total. The molecule has 10 heteroatoms. The zero-order valence-corrected chi connectivity index (χ0v) is 18.6. The van der Waals surface area contributed by atoms with Crippen LogP contribution < -0.4 is 31.0 Å². The summed E-state index contributed by atoms with van der Waals surface area (Å²) in [5.74, 6) is 0.854. The average molecular weight is 457 g/mol. The number of nitrogens with zero attached hydrogens (tertiary/aromatic N) is 3. The number of para-hydroxylation sites is 5. The third kappa shape index (κ3) is 5.49. The normalized spacial score (nSPS) is 10.2. The molecule has 0 saturated heterocycles. The van der Waals surface area contributed by atoms with Gasteiger partial charge in [0.15, 0.2) is 0 Å². The number of carbonyl (C=O) groups excluding carboxylic acids is 1. The van der Waals surface area contributed by atoms with Crippen molar-refractivity contribution in [3.63, 3.8) is 0 Å². The van der Waals surface area contributed by atoms with Crippen LogP contribution in [0.5, 0.6) is 11.5 Å². The minimum atomic E-state index is -0.544. The third-order valence-corrected chi connectivity index (χ3v) is 4.64. The van der Waals surface area contributed by atoms with Gasteiger partial charge < -0.3 is 20.1 Å². The zero-order chi connectivity index (χ0) is 23.8. The molecule has 0 aliphatic heterocycles. The van der Waals surface area contributed by atoms with Crippen molar-refractivity contribution < 1.29 is 14.3 Å². The van der Waals surface area contributed by atoms with E-state index in [9.17, 15) is 4.79 Å². The monoisotopic (exact) mass is 457 g/mol. The van der Waals surface area contributed by atoms with Crippen LogP contribution in [0.25, 0.3) is 0 Å². The number of anilines is 5. The van der Waals surface area contributed by atoms with Gasteiger partial charge in [-0.15, -0.1) is 0 Å². The molecule has 0 spiro atoms. The van der Waals surface area contributed by atoms with Crippen LogP contribution >= 0.6 is 0 Å². The van der Waals surface area contributed by atoms with Crippen molar-refractivity contribution in [2.24, 2.45) is 0 Å². The Morgan fingerprint density at radius 1 is 0.676 bits per heavy atom. The Morgan fingerprint density at radius 2 is 1.18 bits per heavy atom. The van der Waals surface area contributed by atoms with Gasteiger partial charge in [0, 0.05) is 0 Å². The van der Waals surface area contributed by atoms with Crippen LogP contribution in [0.4, 0.5) is 29.0 Å². The van der Waals surface area contributed by atoms with Gasteiger partial charge >= 0.3 is 5.91 Å². The number of aromatic nitrogens is 3. The molecule has 0 radical (unpaired) electrons. The average Bonchev–Trinajstić information content (AvgIpc) is 2.88. The fraction of sp³-hybridized carbons (Fsp3) is 0.0833. The standard InChI is InChI=1S/C24H23N7O3/c1-33-19-14-8-6-12-17(19)25-23-27-21(22(32)31-30-16-10-4-3-5-11-16)28-24(29-23)26-18-13-7-9-15-20(18)34-2/h3-15,30H,1-2H3,(H,31,32)(H2,25,26,27,28,29). The lowest BCUT2D eigenvalue weighted by molar-refractivity contribution is 0.0952. The molecule has 0 unspecified atom stereocenters. The second-order valence-corrected chi connectivity index (χ2v) is 6.90. The van der Waals surface area contributed by atoms with E-state index in [2.05, 4.69) is 36.4 Å². The summed E-state index contributed by atoms with van der Waals surface area (Å²) in [4.78, 5) is 25.8. The number of hydrazine groups is 1. The highest BCUT2D eigenvalue weighted by atomic mass is 16.5. The minimum absolute atomic E-state index is 0.103. The molecule has 0 saturated carbocycles. The molecule has 1 heterocycles. The van der Waals surface area contributed by atoms with Gasteiger partial charge in [0.25, 0.3) is 0 Å². The maximum atomic E-state index is 12.8. The second-order valence-electron chi connectivity index (χ2n) is 6.90. The van der Waals surface area contributed by atoms with E-state index in [-0.39, 0.29) is 17.7 Å². The Bertz CT molecular complexity index is 1200. The molecule has 0 aliphatic rings. The van der Waals surface area contributed by atoms with E-state index in [1.165, 1.54) is 0 Å². The first-order valence-corrected chi connectivity index (χ1v) is 10.3. The van der Waals surface area contributed by atoms with Gasteiger partial charge in [-0.25, -0.2) is 0 Å². The molecule has 4 aromatic rings. The largest absolute Gasteiger partial charge is 0.495 e. The van der Waals surface area contributed by atoms with Crippen molar-refractivity contribution in [2.45, 2.75) is 0 Å². The first kappa shape index (κ1) is 22.3. The SMILES string of the molecule is COc1ccccc1Nc1nc(Nc2ccccc2OC)nc(C(=O)NNc2ccccc2)n1. The van der Waals surface area contributed by atoms with E-state index in [1.807, 2.05) is 66.7 Å². The Morgan fingerprint density at radius 3 is 1.71 bits per heavy atom. The van der Waals surface area contributed by atoms with E-state index >= 15 is 0 Å². The van der Waals surface area contributed by atoms with Crippen LogP contribution in [0.1, 0.15) is 10.6 Å². The smallest absolute Gasteiger partial charge is 0.307 e. The lowest BCUT2D eigenvalue weighted by Crippen LogP contribution is -2.31. The van der Waals surface area contributed by atoms with Crippen LogP contribution in [0.2, 0.25) is 0 Å². The van der Waals surface area contributed by atoms with Gasteiger partial charge in [-0.3, -0.25) is 15.6 Å². The van der Waals surface area contributed by atoms with Crippen LogP contribution in [-0.4, -0.2) is 35.1 Å². The van der Waals surface area contributed by atoms with Crippen molar-refractivity contribution in [1.29, 1.82) is 0 Å². The predicted octanol–water partition coefficient (Wildman–Crippen LogP) is 4.13. The van der Waals surface area contributed by atoms with E-state index in [1.54, 1.807) is 26.4 Å². The first-order chi connectivity index (χ1) is 16.7. The molecular weight excluding hydrogens is 434 g/mol. The highest BCUT2D eigenvalue weighted by Crippen LogP contribution is 2.28. The number of rotatable bonds is 9. The maximum Gasteiger partial charge on any atom is 0.307 e. The van der Waals surface area contributed by atoms with Gasteiger partial charge in [0.1, 0.15) is 11.5 Å². The summed E-state index contributed by atoms with van der Waals surface area (Å²) >= 11 is 0. The van der Waals surface area contributed by atoms with Crippen molar-refractivity contribution in [2.75, 3.05) is 30.3 Å². The maximum absolute atomic E-state index is 12.8. The summed E-state index contributed by atoms with van der Waals surface area (Å²) in [5.41, 5.74) is 7.41. The highest BCUT2D eigenvalue weighted by Gasteiger charge is 2.16. The summed E-state index contributed by atoms with van der Waals surface area (Å²) in [6.45, 7) is 0. The molecule has 10 nitrogen and oxygen atoms in total. The van der Waals surface area contributed by atoms with Crippen molar-refractivity contribution in [3.05, 3.63) is 84.7 Å². The third-order valence-electron chi connectivity index (χ3n) is 4.64. The lowest BCUT2D eigenvalue weighted by atomic mass is 10.3. The molecule has 0 bridgehead atoms. The minimum Gasteiger partial charge on any atom is -0.495 e. The topological polar surface area (TPSA) is 122 Å². The molecule has 34 heavy (non-hydrogen) atoms. The number of carbonyl (C=O) groups is 1. The molecular formula is C24H23N7O3. The number of nitrogens with one attached hydrogen (secondary N) is 4. The number of ether oxygens (including phenoxy) is 2. The fourth-order valence-corrected chi connectivity index (χ4v) is 3.03. The van der Waals surface area contributed by atoms with Gasteiger partial charge in [-0.05, 0) is 36.4 Å². The predicted molar refractivity (Wildman–Crippen MR) is 130 cm³/mol. The zero-order valence-electron chi connectivity index (χ0n) is 18.6. The molecule has 0 fully saturated rings. The van der Waals surface area contributed by atoms with E-state index < -0.39 is 5.91 Å². The van der Waals surface area contributed by atoms with E-state index in [0.29, 0.717) is 28.6 Å². The molecule has 4 rings (SSSR count). The molecule has 0 atom stereocenters. The highest BCUT2D eigenvalue weighted by molar-refractivity contribution is 5.92. The number of amides is 1. The van der Waals surface area contributed by atoms with E-state index in [4.69, 9.17) is 9.47 Å². The number of hydrogen-bond donors (Lipinski definition) is 4. The molecule has 3 aromatic carbocycles. The molecule has 0 aliphatic carbocycles. The number of hydrogen-bond acceptors (Lipinski definition) is 9. The van der Waals surface area contributed by atoms with Crippen LogP contribution in [0.15, 0.2) is 78.9 Å². The fourth-order valence-electron chi connectivity index (χ4n) is 3.03. The van der Waals surface area contributed by atoms with Crippen molar-refractivity contribution in [3.8, 4) is 11.5 Å². The Labute approximate surface area is 196 Å². The van der Waals surface area contributed by atoms with Gasteiger partial charge in [0.2, 0.25) is 17.7 Å². The Hall–Kier alpha value is -4.86. The van der Waals surface area contributed by atoms with Gasteiger partial charge in [-0.1, -0.05) is 42.5 Å². The lowest BCUT2D eigenvalue weighted by Gasteiger charge is -2.14. The Balaban J connectivity index is 1.64. The summed E-state index contributed by atoms with van der Waals surface area (Å²) in [7, 11) is 3.13. The summed E-state index contributed by atoms with van der Waals surface area (Å²) in [6.07, 6.45) is 0. The quantitative estimate of drug-likeness (QED) is 0.275. The summed E-state index contributed by atoms with van der Waals surface area (Å²) < 4.78 is 10.8. The van der Waals surface area contributed by atoms with Gasteiger partial charge in [-0.2, -0.15) is 15.0 Å². The molecule has 1 amide bonds. The molecule has 172 valence electrons. The van der Waals surface area contributed by atoms with Crippen LogP contribution in [0.3, 0.4) is 0 Å².